The Kier molecular flexibility index (Phi) is 5.10. The number of halogens is 3. The van der Waals surface area contributed by atoms with Crippen LogP contribution in [0.1, 0.15) is 11.3 Å². The van der Waals surface area contributed by atoms with E-state index in [1.54, 1.807) is 24.3 Å². The van der Waals surface area contributed by atoms with Gasteiger partial charge in [-0.3, -0.25) is 9.97 Å². The van der Waals surface area contributed by atoms with Crippen LogP contribution in [0.5, 0.6) is 0 Å². The van der Waals surface area contributed by atoms with Crippen molar-refractivity contribution in [2.45, 2.75) is 11.9 Å². The van der Waals surface area contributed by atoms with E-state index in [4.69, 9.17) is 4.55 Å². The molecule has 0 aliphatic rings. The third-order valence-electron chi connectivity index (χ3n) is 3.52. The van der Waals surface area contributed by atoms with Gasteiger partial charge in [-0.25, -0.2) is 9.19 Å². The predicted molar refractivity (Wildman–Crippen MR) is 90.2 cm³/mol. The number of hydrogen-bond donors (Lipinski definition) is 1. The zero-order chi connectivity index (χ0) is 18.7. The number of pyridine rings is 1. The second-order valence-electron chi connectivity index (χ2n) is 5.38. The Labute approximate surface area is 149 Å². The maximum atomic E-state index is 12.6. The molecule has 3 rings (SSSR count). The molecular formula is C17H12F3N3O2S. The smallest absolute Gasteiger partial charge is 0.306 e. The Morgan fingerprint density at radius 1 is 0.923 bits per heavy atom. The van der Waals surface area contributed by atoms with Crippen molar-refractivity contribution in [1.29, 1.82) is 0 Å². The molecule has 0 aliphatic heterocycles. The molecule has 5 nitrogen and oxygen atoms in total. The first-order chi connectivity index (χ1) is 12.3. The minimum absolute atomic E-state index is 0.0310. The first kappa shape index (κ1) is 18.2. The SMILES string of the molecule is O=S(O)Cc1ccc(-c2cncc(-c3ccc(C(F)(F)F)nc3)n2)cc1. The molecule has 0 fully saturated rings. The van der Waals surface area contributed by atoms with Crippen molar-refractivity contribution in [2.75, 3.05) is 0 Å². The molecule has 1 atom stereocenters. The van der Waals surface area contributed by atoms with Crippen molar-refractivity contribution in [1.82, 2.24) is 15.0 Å². The van der Waals surface area contributed by atoms with Crippen LogP contribution in [0.25, 0.3) is 22.5 Å². The Bertz CT molecular complexity index is 929. The highest BCUT2D eigenvalue weighted by Crippen LogP contribution is 2.29. The fourth-order valence-corrected chi connectivity index (χ4v) is 2.75. The maximum absolute atomic E-state index is 12.6. The molecule has 2 aromatic heterocycles. The van der Waals surface area contributed by atoms with Gasteiger partial charge in [-0.1, -0.05) is 24.3 Å². The predicted octanol–water partition coefficient (Wildman–Crippen LogP) is 3.95. The number of aromatic nitrogens is 3. The summed E-state index contributed by atoms with van der Waals surface area (Å²) < 4.78 is 57.5. The summed E-state index contributed by atoms with van der Waals surface area (Å²) in [6, 6.07) is 9.08. The van der Waals surface area contributed by atoms with Crippen molar-refractivity contribution in [3.8, 4) is 22.5 Å². The second-order valence-corrected chi connectivity index (χ2v) is 6.31. The normalized spacial score (nSPS) is 12.8. The molecule has 3 aromatic rings. The van der Waals surface area contributed by atoms with Crippen LogP contribution in [-0.2, 0) is 23.0 Å². The lowest BCUT2D eigenvalue weighted by molar-refractivity contribution is -0.141. The average Bonchev–Trinajstić information content (AvgIpc) is 2.61. The van der Waals surface area contributed by atoms with Gasteiger partial charge < -0.3 is 4.55 Å². The molecule has 2 heterocycles. The van der Waals surface area contributed by atoms with Gasteiger partial charge in [0, 0.05) is 17.3 Å². The summed E-state index contributed by atoms with van der Waals surface area (Å²) in [4.78, 5) is 11.9. The van der Waals surface area contributed by atoms with E-state index in [-0.39, 0.29) is 5.75 Å². The Balaban J connectivity index is 1.87. The Morgan fingerprint density at radius 2 is 1.54 bits per heavy atom. The fourth-order valence-electron chi connectivity index (χ4n) is 2.27. The van der Waals surface area contributed by atoms with Crippen molar-refractivity contribution in [3.05, 3.63) is 66.2 Å². The lowest BCUT2D eigenvalue weighted by Crippen LogP contribution is -2.07. The van der Waals surface area contributed by atoms with E-state index in [1.165, 1.54) is 18.5 Å². The third kappa shape index (κ3) is 4.30. The van der Waals surface area contributed by atoms with Gasteiger partial charge in [-0.15, -0.1) is 0 Å². The van der Waals surface area contributed by atoms with Gasteiger partial charge in [0.25, 0.3) is 0 Å². The minimum Gasteiger partial charge on any atom is -0.306 e. The van der Waals surface area contributed by atoms with E-state index >= 15 is 0 Å². The van der Waals surface area contributed by atoms with Crippen molar-refractivity contribution in [2.24, 2.45) is 0 Å². The third-order valence-corrected chi connectivity index (χ3v) is 4.10. The largest absolute Gasteiger partial charge is 0.433 e. The number of benzene rings is 1. The average molecular weight is 379 g/mol. The van der Waals surface area contributed by atoms with Crippen molar-refractivity contribution in [3.63, 3.8) is 0 Å². The van der Waals surface area contributed by atoms with Gasteiger partial charge in [0.15, 0.2) is 11.1 Å². The highest BCUT2D eigenvalue weighted by Gasteiger charge is 2.32. The minimum atomic E-state index is -4.49. The molecule has 0 spiro atoms. The lowest BCUT2D eigenvalue weighted by Gasteiger charge is -2.07. The van der Waals surface area contributed by atoms with E-state index in [0.29, 0.717) is 22.5 Å². The molecule has 26 heavy (non-hydrogen) atoms. The van der Waals surface area contributed by atoms with E-state index in [9.17, 15) is 17.4 Å². The standard InChI is InChI=1S/C17H12F3N3O2S/c18-17(19,20)16-6-5-13(7-22-16)15-9-21-8-14(23-15)12-3-1-11(2-4-12)10-26(24)25/h1-9H,10H2,(H,24,25). The van der Waals surface area contributed by atoms with Crippen LogP contribution in [0.2, 0.25) is 0 Å². The summed E-state index contributed by atoms with van der Waals surface area (Å²) >= 11 is -1.92. The summed E-state index contributed by atoms with van der Waals surface area (Å²) in [5, 5.41) is 0. The zero-order valence-electron chi connectivity index (χ0n) is 13.1. The highest BCUT2D eigenvalue weighted by molar-refractivity contribution is 7.78. The number of hydrogen-bond acceptors (Lipinski definition) is 4. The zero-order valence-corrected chi connectivity index (χ0v) is 14.0. The van der Waals surface area contributed by atoms with E-state index in [2.05, 4.69) is 15.0 Å². The van der Waals surface area contributed by atoms with Gasteiger partial charge >= 0.3 is 6.18 Å². The van der Waals surface area contributed by atoms with Crippen molar-refractivity contribution < 1.29 is 21.9 Å². The van der Waals surface area contributed by atoms with Crippen LogP contribution < -0.4 is 0 Å². The lowest BCUT2D eigenvalue weighted by atomic mass is 10.1. The summed E-state index contributed by atoms with van der Waals surface area (Å²) in [6.45, 7) is 0. The molecule has 0 saturated heterocycles. The summed E-state index contributed by atoms with van der Waals surface area (Å²) in [6.07, 6.45) is -0.417. The Hall–Kier alpha value is -2.65. The summed E-state index contributed by atoms with van der Waals surface area (Å²) in [5.41, 5.74) is 1.79. The molecule has 9 heteroatoms. The van der Waals surface area contributed by atoms with Gasteiger partial charge in [0.2, 0.25) is 0 Å². The van der Waals surface area contributed by atoms with Crippen LogP contribution in [0, 0.1) is 0 Å². The van der Waals surface area contributed by atoms with Gasteiger partial charge in [-0.05, 0) is 17.7 Å². The molecule has 1 aromatic carbocycles. The first-order valence-corrected chi connectivity index (χ1v) is 8.63. The highest BCUT2D eigenvalue weighted by atomic mass is 32.2. The molecule has 0 saturated carbocycles. The van der Waals surface area contributed by atoms with Crippen LogP contribution in [-0.4, -0.2) is 23.7 Å². The number of nitrogens with zero attached hydrogens (tertiary/aromatic N) is 3. The van der Waals surface area contributed by atoms with Gasteiger partial charge in [0.1, 0.15) is 5.69 Å². The number of rotatable bonds is 4. The number of alkyl halides is 3. The van der Waals surface area contributed by atoms with E-state index in [1.807, 2.05) is 0 Å². The molecule has 134 valence electrons. The first-order valence-electron chi connectivity index (χ1n) is 7.35. The fraction of sp³-hybridized carbons (Fsp3) is 0.118. The monoisotopic (exact) mass is 379 g/mol. The molecule has 0 aliphatic carbocycles. The van der Waals surface area contributed by atoms with E-state index in [0.717, 1.165) is 17.8 Å². The molecule has 1 unspecified atom stereocenters. The van der Waals surface area contributed by atoms with Crippen LogP contribution in [0.3, 0.4) is 0 Å². The molecular weight excluding hydrogens is 367 g/mol. The quantitative estimate of drug-likeness (QED) is 0.695. The molecule has 1 N–H and O–H groups in total. The maximum Gasteiger partial charge on any atom is 0.433 e. The van der Waals surface area contributed by atoms with Crippen LogP contribution in [0.4, 0.5) is 13.2 Å². The van der Waals surface area contributed by atoms with E-state index < -0.39 is 23.0 Å². The molecule has 0 radical (unpaired) electrons. The van der Waals surface area contributed by atoms with Gasteiger partial charge in [0.05, 0.1) is 29.5 Å². The topological polar surface area (TPSA) is 76.0 Å². The Morgan fingerprint density at radius 3 is 2.08 bits per heavy atom. The summed E-state index contributed by atoms with van der Waals surface area (Å²) in [5.74, 6) is 0.0310. The van der Waals surface area contributed by atoms with Gasteiger partial charge in [-0.2, -0.15) is 13.2 Å². The molecule has 0 amide bonds. The van der Waals surface area contributed by atoms with Crippen LogP contribution >= 0.6 is 0 Å². The van der Waals surface area contributed by atoms with Crippen LogP contribution in [0.15, 0.2) is 55.0 Å². The summed E-state index contributed by atoms with van der Waals surface area (Å²) in [7, 11) is 0. The second kappa shape index (κ2) is 7.30. The van der Waals surface area contributed by atoms with Crippen molar-refractivity contribution >= 4 is 11.1 Å². The molecule has 0 bridgehead atoms.